The van der Waals surface area contributed by atoms with Crippen LogP contribution in [0.5, 0.6) is 5.75 Å². The summed E-state index contributed by atoms with van der Waals surface area (Å²) in [5, 5.41) is 13.9. The minimum Gasteiger partial charge on any atom is -0.493 e. The number of halogens is 3. The van der Waals surface area contributed by atoms with E-state index >= 15 is 0 Å². The highest BCUT2D eigenvalue weighted by Gasteiger charge is 2.31. The number of nitrogens with zero attached hydrogens (tertiary/aromatic N) is 1. The van der Waals surface area contributed by atoms with Crippen molar-refractivity contribution in [3.63, 3.8) is 0 Å². The molecule has 2 rings (SSSR count). The monoisotopic (exact) mass is 502 g/mol. The Kier molecular flexibility index (Phi) is 7.04. The fraction of sp³-hybridized carbons (Fsp3) is 0.263. The molecule has 2 aromatic carbocycles. The smallest absolute Gasteiger partial charge is 0.412 e. The van der Waals surface area contributed by atoms with Gasteiger partial charge in [-0.2, -0.15) is 0 Å². The van der Waals surface area contributed by atoms with Crippen molar-refractivity contribution in [2.24, 2.45) is 0 Å². The van der Waals surface area contributed by atoms with Crippen molar-refractivity contribution in [1.82, 2.24) is 0 Å². The molecule has 0 radical (unpaired) electrons. The molecule has 0 saturated heterocycles. The van der Waals surface area contributed by atoms with Crippen molar-refractivity contribution < 1.29 is 28.4 Å². The zero-order valence-corrected chi connectivity index (χ0v) is 18.7. The number of amides is 1. The fourth-order valence-electron chi connectivity index (χ4n) is 2.49. The second kappa shape index (κ2) is 8.97. The third kappa shape index (κ3) is 5.25. The van der Waals surface area contributed by atoms with Gasteiger partial charge in [0.2, 0.25) is 5.78 Å². The van der Waals surface area contributed by atoms with Crippen molar-refractivity contribution in [2.45, 2.75) is 26.4 Å². The molecule has 30 heavy (non-hydrogen) atoms. The molecule has 160 valence electrons. The number of methoxy groups -OCH3 is 1. The van der Waals surface area contributed by atoms with E-state index in [1.54, 1.807) is 20.8 Å². The minimum absolute atomic E-state index is 0.0673. The number of ether oxygens (including phenoxy) is 2. The van der Waals surface area contributed by atoms with E-state index in [2.05, 4.69) is 21.2 Å². The number of carbonyl (C=O) groups excluding carboxylic acids is 2. The number of hydrogen-bond donors (Lipinski definition) is 1. The lowest BCUT2D eigenvalue weighted by molar-refractivity contribution is -0.385. The zero-order valence-electron chi connectivity index (χ0n) is 16.3. The fourth-order valence-corrected chi connectivity index (χ4v) is 3.45. The van der Waals surface area contributed by atoms with Crippen LogP contribution in [0, 0.1) is 15.9 Å². The molecule has 0 unspecified atom stereocenters. The summed E-state index contributed by atoms with van der Waals surface area (Å²) in [4.78, 5) is 36.0. The minimum atomic E-state index is -0.903. The van der Waals surface area contributed by atoms with Crippen LogP contribution in [0.15, 0.2) is 28.7 Å². The van der Waals surface area contributed by atoms with E-state index in [9.17, 15) is 24.1 Å². The molecule has 1 N–H and O–H groups in total. The van der Waals surface area contributed by atoms with E-state index in [-0.39, 0.29) is 26.5 Å². The van der Waals surface area contributed by atoms with Gasteiger partial charge in [-0.1, -0.05) is 11.6 Å². The number of nitro benzene ring substituents is 1. The number of hydrogen-bond acceptors (Lipinski definition) is 6. The Morgan fingerprint density at radius 3 is 2.43 bits per heavy atom. The molecule has 1 amide bonds. The van der Waals surface area contributed by atoms with Gasteiger partial charge in [-0.3, -0.25) is 20.2 Å². The van der Waals surface area contributed by atoms with E-state index in [1.807, 2.05) is 0 Å². The predicted molar refractivity (Wildman–Crippen MR) is 112 cm³/mol. The molecule has 0 aliphatic heterocycles. The largest absolute Gasteiger partial charge is 0.493 e. The molecular formula is C19H17BrClFN2O6. The first kappa shape index (κ1) is 23.6. The van der Waals surface area contributed by atoms with Gasteiger partial charge < -0.3 is 9.47 Å². The van der Waals surface area contributed by atoms with E-state index in [0.29, 0.717) is 0 Å². The Morgan fingerprint density at radius 1 is 1.27 bits per heavy atom. The first-order valence-electron chi connectivity index (χ1n) is 8.40. The van der Waals surface area contributed by atoms with Gasteiger partial charge in [0.15, 0.2) is 5.75 Å². The van der Waals surface area contributed by atoms with Gasteiger partial charge in [0.1, 0.15) is 17.0 Å². The van der Waals surface area contributed by atoms with Crippen LogP contribution in [0.3, 0.4) is 0 Å². The van der Waals surface area contributed by atoms with Crippen LogP contribution in [0.1, 0.15) is 36.7 Å². The SMILES string of the molecule is COc1c(NC(=O)OC(C)(C)C)cc([N+](=O)[O-])c(C(=O)c2cc(F)ccc2Cl)c1Br. The Balaban J connectivity index is 2.65. The average molecular weight is 504 g/mol. The summed E-state index contributed by atoms with van der Waals surface area (Å²) in [5.41, 5.74) is -2.26. The summed E-state index contributed by atoms with van der Waals surface area (Å²) < 4.78 is 23.9. The summed E-state index contributed by atoms with van der Waals surface area (Å²) in [6, 6.07) is 4.05. The summed E-state index contributed by atoms with van der Waals surface area (Å²) in [7, 11) is 1.25. The maximum absolute atomic E-state index is 13.6. The van der Waals surface area contributed by atoms with E-state index in [4.69, 9.17) is 21.1 Å². The summed E-state index contributed by atoms with van der Waals surface area (Å²) in [5.74, 6) is -1.71. The van der Waals surface area contributed by atoms with Crippen molar-refractivity contribution in [3.05, 3.63) is 60.8 Å². The van der Waals surface area contributed by atoms with E-state index < -0.39 is 39.5 Å². The van der Waals surface area contributed by atoms with Crippen molar-refractivity contribution in [2.75, 3.05) is 12.4 Å². The molecular weight excluding hydrogens is 487 g/mol. The standard InChI is InChI=1S/C19H17BrClFN2O6/c1-19(2,3)30-18(26)23-12-8-13(24(27)28)14(15(20)17(12)29-4)16(25)10-7-9(22)5-6-11(10)21/h5-8H,1-4H3,(H,23,26). The molecule has 0 saturated carbocycles. The molecule has 8 nitrogen and oxygen atoms in total. The molecule has 0 fully saturated rings. The number of anilines is 1. The number of nitro groups is 1. The van der Waals surface area contributed by atoms with Gasteiger partial charge in [-0.05, 0) is 54.9 Å². The van der Waals surface area contributed by atoms with Crippen molar-refractivity contribution in [1.29, 1.82) is 0 Å². The predicted octanol–water partition coefficient (Wildman–Crippen LogP) is 5.74. The third-order valence-corrected chi connectivity index (χ3v) is 4.72. The maximum Gasteiger partial charge on any atom is 0.412 e. The van der Waals surface area contributed by atoms with E-state index in [1.165, 1.54) is 13.2 Å². The number of carbonyl (C=O) groups is 2. The number of benzene rings is 2. The Bertz CT molecular complexity index is 1040. The second-order valence-electron chi connectivity index (χ2n) is 7.00. The molecule has 0 atom stereocenters. The van der Waals surface area contributed by atoms with Gasteiger partial charge in [-0.25, -0.2) is 9.18 Å². The van der Waals surface area contributed by atoms with Gasteiger partial charge in [0, 0.05) is 11.6 Å². The average Bonchev–Trinajstić information content (AvgIpc) is 2.61. The molecule has 0 heterocycles. The van der Waals surface area contributed by atoms with Crippen LogP contribution in [-0.4, -0.2) is 29.5 Å². The first-order valence-corrected chi connectivity index (χ1v) is 9.57. The molecule has 0 bridgehead atoms. The molecule has 0 aromatic heterocycles. The first-order chi connectivity index (χ1) is 13.9. The summed E-state index contributed by atoms with van der Waals surface area (Å²) in [6.45, 7) is 4.94. The molecule has 11 heteroatoms. The Morgan fingerprint density at radius 2 is 1.90 bits per heavy atom. The highest BCUT2D eigenvalue weighted by atomic mass is 79.9. The quantitative estimate of drug-likeness (QED) is 0.317. The van der Waals surface area contributed by atoms with Gasteiger partial charge >= 0.3 is 6.09 Å². The lowest BCUT2D eigenvalue weighted by atomic mass is 10.00. The summed E-state index contributed by atoms with van der Waals surface area (Å²) >= 11 is 9.11. The number of nitrogens with one attached hydrogen (secondary N) is 1. The topological polar surface area (TPSA) is 108 Å². The lowest BCUT2D eigenvalue weighted by Gasteiger charge is -2.21. The molecule has 0 aliphatic rings. The van der Waals surface area contributed by atoms with Gasteiger partial charge in [0.05, 0.1) is 27.2 Å². The highest BCUT2D eigenvalue weighted by Crippen LogP contribution is 2.43. The Hall–Kier alpha value is -2.72. The Labute approximate surface area is 184 Å². The maximum atomic E-state index is 13.6. The van der Waals surface area contributed by atoms with E-state index in [0.717, 1.165) is 18.2 Å². The molecule has 0 spiro atoms. The van der Waals surface area contributed by atoms with Crippen LogP contribution in [0.4, 0.5) is 20.6 Å². The highest BCUT2D eigenvalue weighted by molar-refractivity contribution is 9.10. The van der Waals surface area contributed by atoms with Crippen molar-refractivity contribution in [3.8, 4) is 5.75 Å². The van der Waals surface area contributed by atoms with Crippen LogP contribution in [0.2, 0.25) is 5.02 Å². The normalized spacial score (nSPS) is 11.0. The van der Waals surface area contributed by atoms with Crippen LogP contribution in [-0.2, 0) is 4.74 Å². The van der Waals surface area contributed by atoms with Crippen LogP contribution < -0.4 is 10.1 Å². The lowest BCUT2D eigenvalue weighted by Crippen LogP contribution is -2.27. The number of ketones is 1. The molecule has 0 aliphatic carbocycles. The second-order valence-corrected chi connectivity index (χ2v) is 8.20. The van der Waals surface area contributed by atoms with Gasteiger partial charge in [-0.15, -0.1) is 0 Å². The number of rotatable bonds is 5. The van der Waals surface area contributed by atoms with Crippen LogP contribution >= 0.6 is 27.5 Å². The third-order valence-electron chi connectivity index (χ3n) is 3.64. The summed E-state index contributed by atoms with van der Waals surface area (Å²) in [6.07, 6.45) is -0.880. The zero-order chi connectivity index (χ0) is 22.8. The van der Waals surface area contributed by atoms with Gasteiger partial charge in [0.25, 0.3) is 5.69 Å². The molecule has 2 aromatic rings. The van der Waals surface area contributed by atoms with Crippen LogP contribution in [0.25, 0.3) is 0 Å². The van der Waals surface area contributed by atoms with Crippen molar-refractivity contribution >= 4 is 50.8 Å².